The molecule has 0 aromatic carbocycles. The molecule has 0 aromatic heterocycles. The molecule has 4 nitrogen and oxygen atoms in total. The number of unbranched alkanes of at least 4 members (excludes halogenated alkanes) is 25. The Morgan fingerprint density at radius 2 is 0.424 bits per heavy atom. The van der Waals surface area contributed by atoms with Gasteiger partial charge >= 0.3 is 7.82 Å². The third-order valence-corrected chi connectivity index (χ3v) is 6.46. The fraction of sp³-hybridized carbons (Fsp3) is 1.00. The molecule has 5 heteroatoms. The van der Waals surface area contributed by atoms with Crippen LogP contribution in [0.3, 0.4) is 0 Å². The lowest BCUT2D eigenvalue weighted by atomic mass is 10.0. The first-order valence-corrected chi connectivity index (χ1v) is 16.3. The van der Waals surface area contributed by atoms with Gasteiger partial charge in [0.1, 0.15) is 0 Å². The summed E-state index contributed by atoms with van der Waals surface area (Å²) in [4.78, 5) is 21.6. The van der Waals surface area contributed by atoms with Crippen LogP contribution >= 0.6 is 7.82 Å². The maximum Gasteiger partial charge on any atom is 0.466 e. The summed E-state index contributed by atoms with van der Waals surface area (Å²) in [6, 6.07) is 0. The predicted octanol–water partition coefficient (Wildman–Crippen LogP) is 10.2. The standard InChI is InChI=1S/C28H58.H3O4P/c1-3-5-7-9-11-13-15-17-19-21-23-25-27-28-26-24-22-20-18-16-14-12-10-8-6-4-2;1-5(2,3)4/h3-28H2,1-2H3;(H3,1,2,3,4). The van der Waals surface area contributed by atoms with Gasteiger partial charge < -0.3 is 14.7 Å². The normalized spacial score (nSPS) is 11.4. The van der Waals surface area contributed by atoms with Crippen LogP contribution in [-0.4, -0.2) is 14.7 Å². The highest BCUT2D eigenvalue weighted by Crippen LogP contribution is 2.25. The van der Waals surface area contributed by atoms with E-state index in [2.05, 4.69) is 13.8 Å². The molecule has 0 bridgehead atoms. The number of phosphoric acid groups is 1. The van der Waals surface area contributed by atoms with E-state index in [1.807, 2.05) is 0 Å². The number of hydrogen-bond acceptors (Lipinski definition) is 1. The molecule has 0 aliphatic carbocycles. The van der Waals surface area contributed by atoms with Crippen LogP contribution in [0.15, 0.2) is 0 Å². The van der Waals surface area contributed by atoms with Crippen LogP contribution in [0, 0.1) is 0 Å². The van der Waals surface area contributed by atoms with Crippen LogP contribution in [0.5, 0.6) is 0 Å². The van der Waals surface area contributed by atoms with E-state index in [1.54, 1.807) is 0 Å². The van der Waals surface area contributed by atoms with E-state index in [4.69, 9.17) is 19.2 Å². The Labute approximate surface area is 208 Å². The summed E-state index contributed by atoms with van der Waals surface area (Å²) in [5, 5.41) is 0. The monoisotopic (exact) mass is 492 g/mol. The zero-order valence-corrected chi connectivity index (χ0v) is 23.5. The van der Waals surface area contributed by atoms with Crippen molar-refractivity contribution in [2.45, 2.75) is 181 Å². The van der Waals surface area contributed by atoms with Crippen molar-refractivity contribution in [3.8, 4) is 0 Å². The van der Waals surface area contributed by atoms with Crippen LogP contribution in [0.25, 0.3) is 0 Å². The SMILES string of the molecule is CCCCCCCCCCCCCCCCCCCCCCCCCCCC.O=P(O)(O)O. The van der Waals surface area contributed by atoms with Gasteiger partial charge in [0.05, 0.1) is 0 Å². The molecule has 0 aliphatic heterocycles. The van der Waals surface area contributed by atoms with Crippen molar-refractivity contribution in [3.05, 3.63) is 0 Å². The van der Waals surface area contributed by atoms with Crippen molar-refractivity contribution < 1.29 is 19.2 Å². The van der Waals surface area contributed by atoms with Crippen LogP contribution in [0.2, 0.25) is 0 Å². The smallest absolute Gasteiger partial charge is 0.303 e. The van der Waals surface area contributed by atoms with Gasteiger partial charge in [0.25, 0.3) is 0 Å². The second-order valence-corrected chi connectivity index (χ2v) is 11.0. The van der Waals surface area contributed by atoms with Gasteiger partial charge in [-0.3, -0.25) is 0 Å². The Morgan fingerprint density at radius 3 is 0.515 bits per heavy atom. The van der Waals surface area contributed by atoms with E-state index in [9.17, 15) is 0 Å². The molecule has 0 atom stereocenters. The highest BCUT2D eigenvalue weighted by atomic mass is 31.2. The zero-order chi connectivity index (χ0) is 24.9. The Hall–Kier alpha value is 0.110. The first-order valence-electron chi connectivity index (χ1n) is 14.7. The van der Waals surface area contributed by atoms with Crippen LogP contribution in [0.4, 0.5) is 0 Å². The van der Waals surface area contributed by atoms with Gasteiger partial charge in [0.15, 0.2) is 0 Å². The van der Waals surface area contributed by atoms with E-state index in [-0.39, 0.29) is 0 Å². The van der Waals surface area contributed by atoms with Crippen LogP contribution < -0.4 is 0 Å². The minimum absolute atomic E-state index is 1.37. The molecule has 0 saturated heterocycles. The predicted molar refractivity (Wildman–Crippen MR) is 146 cm³/mol. The van der Waals surface area contributed by atoms with Gasteiger partial charge in [-0.2, -0.15) is 0 Å². The summed E-state index contributed by atoms with van der Waals surface area (Å²) in [6.07, 6.45) is 38.4. The lowest BCUT2D eigenvalue weighted by Crippen LogP contribution is -1.84. The van der Waals surface area contributed by atoms with Crippen LogP contribution in [0.1, 0.15) is 181 Å². The molecule has 0 aliphatic rings. The van der Waals surface area contributed by atoms with Gasteiger partial charge in [-0.25, -0.2) is 4.57 Å². The maximum atomic E-state index is 8.88. The van der Waals surface area contributed by atoms with Crippen molar-refractivity contribution in [1.29, 1.82) is 0 Å². The Kier molecular flexibility index (Phi) is 32.2. The molecule has 33 heavy (non-hydrogen) atoms. The summed E-state index contributed by atoms with van der Waals surface area (Å²) < 4.78 is 8.88. The molecule has 0 aromatic rings. The van der Waals surface area contributed by atoms with E-state index in [1.165, 1.54) is 167 Å². The summed E-state index contributed by atoms with van der Waals surface area (Å²) in [7, 11) is -4.64. The van der Waals surface area contributed by atoms with Gasteiger partial charge in [-0.05, 0) is 0 Å². The van der Waals surface area contributed by atoms with E-state index in [0.717, 1.165) is 0 Å². The number of hydrogen-bond donors (Lipinski definition) is 3. The van der Waals surface area contributed by atoms with Gasteiger partial charge in [0.2, 0.25) is 0 Å². The Balaban J connectivity index is 0. The third kappa shape index (κ3) is 46.2. The van der Waals surface area contributed by atoms with E-state index >= 15 is 0 Å². The fourth-order valence-corrected chi connectivity index (χ4v) is 4.39. The average Bonchev–Trinajstić information content (AvgIpc) is 2.75. The third-order valence-electron chi connectivity index (χ3n) is 6.46. The van der Waals surface area contributed by atoms with Crippen LogP contribution in [-0.2, 0) is 4.57 Å². The topological polar surface area (TPSA) is 77.8 Å². The summed E-state index contributed by atoms with van der Waals surface area (Å²) >= 11 is 0. The van der Waals surface area contributed by atoms with Crippen molar-refractivity contribution >= 4 is 7.82 Å². The minimum atomic E-state index is -4.64. The highest BCUT2D eigenvalue weighted by Gasteiger charge is 2.00. The summed E-state index contributed by atoms with van der Waals surface area (Å²) in [5.41, 5.74) is 0. The molecule has 0 saturated carbocycles. The van der Waals surface area contributed by atoms with Gasteiger partial charge in [-0.15, -0.1) is 0 Å². The minimum Gasteiger partial charge on any atom is -0.303 e. The van der Waals surface area contributed by atoms with Gasteiger partial charge in [0, 0.05) is 0 Å². The lowest BCUT2D eigenvalue weighted by molar-refractivity contribution is 0.275. The van der Waals surface area contributed by atoms with Crippen molar-refractivity contribution in [2.24, 2.45) is 0 Å². The number of rotatable bonds is 25. The first kappa shape index (κ1) is 35.3. The van der Waals surface area contributed by atoms with Crippen molar-refractivity contribution in [2.75, 3.05) is 0 Å². The Morgan fingerprint density at radius 1 is 0.333 bits per heavy atom. The maximum absolute atomic E-state index is 8.88. The molecule has 0 rings (SSSR count). The molecule has 3 N–H and O–H groups in total. The lowest BCUT2D eigenvalue weighted by Gasteiger charge is -2.04. The second-order valence-electron chi connectivity index (χ2n) is 10.00. The fourth-order valence-electron chi connectivity index (χ4n) is 4.39. The van der Waals surface area contributed by atoms with Crippen molar-refractivity contribution in [1.82, 2.24) is 0 Å². The molecular formula is C28H61O4P. The quantitative estimate of drug-likeness (QED) is 0.0874. The molecule has 0 spiro atoms. The van der Waals surface area contributed by atoms with Gasteiger partial charge in [-0.1, -0.05) is 181 Å². The molecule has 0 fully saturated rings. The molecule has 0 amide bonds. The molecule has 0 heterocycles. The second kappa shape index (κ2) is 30.1. The van der Waals surface area contributed by atoms with E-state index < -0.39 is 7.82 Å². The van der Waals surface area contributed by atoms with E-state index in [0.29, 0.717) is 0 Å². The summed E-state index contributed by atoms with van der Waals surface area (Å²) in [6.45, 7) is 4.61. The molecular weight excluding hydrogens is 431 g/mol. The average molecular weight is 493 g/mol. The molecule has 0 unspecified atom stereocenters. The highest BCUT2D eigenvalue weighted by molar-refractivity contribution is 7.45. The summed E-state index contributed by atoms with van der Waals surface area (Å²) in [5.74, 6) is 0. The first-order chi connectivity index (χ1) is 15.9. The molecule has 0 radical (unpaired) electrons. The largest absolute Gasteiger partial charge is 0.466 e. The zero-order valence-electron chi connectivity index (χ0n) is 22.6. The molecule has 202 valence electrons. The Bertz CT molecular complexity index is 350. The van der Waals surface area contributed by atoms with Crippen molar-refractivity contribution in [3.63, 3.8) is 0 Å².